The Morgan fingerprint density at radius 3 is 2.39 bits per heavy atom. The molecule has 1 atom stereocenters. The van der Waals surface area contributed by atoms with Gasteiger partial charge in [0.1, 0.15) is 0 Å². The lowest BCUT2D eigenvalue weighted by Gasteiger charge is -2.26. The molecule has 104 valence electrons. The molecule has 0 aromatic heterocycles. The van der Waals surface area contributed by atoms with Crippen LogP contribution in [0.25, 0.3) is 0 Å². The molecule has 0 aromatic rings. The van der Waals surface area contributed by atoms with Crippen molar-refractivity contribution in [1.82, 2.24) is 0 Å². The highest BCUT2D eigenvalue weighted by Crippen LogP contribution is 2.28. The van der Waals surface area contributed by atoms with Crippen molar-refractivity contribution in [2.75, 3.05) is 0 Å². The largest absolute Gasteiger partial charge is 0.385 e. The molecule has 0 fully saturated rings. The number of hydrogen-bond donors (Lipinski definition) is 1. The highest BCUT2D eigenvalue weighted by molar-refractivity contribution is 5.27. The third-order valence-corrected chi connectivity index (χ3v) is 3.83. The molecular weight excluding hydrogens is 220 g/mol. The molecule has 1 N–H and O–H groups in total. The number of aliphatic hydroxyl groups is 1. The molecule has 0 radical (unpaired) electrons. The van der Waals surface area contributed by atoms with Gasteiger partial charge in [0.2, 0.25) is 0 Å². The second-order valence-corrected chi connectivity index (χ2v) is 5.69. The standard InChI is InChI=1S/C17H30O/c1-3-5-6-7-8-9-13-17(18)14-11-16(10-4-2)12-15-17/h11-12,14,18H,3-10,13,15H2,1-2H3. The fraction of sp³-hybridized carbons (Fsp3) is 0.765. The van der Waals surface area contributed by atoms with Gasteiger partial charge in [0, 0.05) is 0 Å². The summed E-state index contributed by atoms with van der Waals surface area (Å²) in [6.07, 6.45) is 18.2. The van der Waals surface area contributed by atoms with Gasteiger partial charge in [-0.3, -0.25) is 0 Å². The average Bonchev–Trinajstić information content (AvgIpc) is 2.37. The zero-order chi connectivity index (χ0) is 13.3. The summed E-state index contributed by atoms with van der Waals surface area (Å²) in [6.45, 7) is 4.45. The fourth-order valence-corrected chi connectivity index (χ4v) is 2.58. The van der Waals surface area contributed by atoms with E-state index in [0.29, 0.717) is 0 Å². The van der Waals surface area contributed by atoms with Gasteiger partial charge in [-0.25, -0.2) is 0 Å². The molecule has 0 amide bonds. The van der Waals surface area contributed by atoms with Crippen LogP contribution in [0.3, 0.4) is 0 Å². The number of allylic oxidation sites excluding steroid dienone is 2. The third kappa shape index (κ3) is 5.86. The van der Waals surface area contributed by atoms with Gasteiger partial charge in [0.25, 0.3) is 0 Å². The van der Waals surface area contributed by atoms with Gasteiger partial charge >= 0.3 is 0 Å². The first-order chi connectivity index (χ1) is 8.70. The Balaban J connectivity index is 2.17. The molecule has 0 bridgehead atoms. The van der Waals surface area contributed by atoms with E-state index < -0.39 is 5.60 Å². The maximum absolute atomic E-state index is 10.4. The van der Waals surface area contributed by atoms with Crippen molar-refractivity contribution in [2.24, 2.45) is 0 Å². The minimum atomic E-state index is -0.554. The van der Waals surface area contributed by atoms with Crippen molar-refractivity contribution in [1.29, 1.82) is 0 Å². The van der Waals surface area contributed by atoms with Crippen LogP contribution in [-0.2, 0) is 0 Å². The first-order valence-electron chi connectivity index (χ1n) is 7.81. The van der Waals surface area contributed by atoms with Crippen molar-refractivity contribution in [2.45, 2.75) is 83.7 Å². The SMILES string of the molecule is CCCCCCCCC1(O)C=CC(CCC)=CC1. The summed E-state index contributed by atoms with van der Waals surface area (Å²) in [5.74, 6) is 0. The highest BCUT2D eigenvalue weighted by atomic mass is 16.3. The first-order valence-corrected chi connectivity index (χ1v) is 7.81. The molecule has 1 nitrogen and oxygen atoms in total. The van der Waals surface area contributed by atoms with Crippen molar-refractivity contribution in [3.63, 3.8) is 0 Å². The van der Waals surface area contributed by atoms with E-state index in [1.54, 1.807) is 0 Å². The lowest BCUT2D eigenvalue weighted by atomic mass is 9.86. The summed E-state index contributed by atoms with van der Waals surface area (Å²) in [7, 11) is 0. The van der Waals surface area contributed by atoms with Gasteiger partial charge in [-0.15, -0.1) is 0 Å². The van der Waals surface area contributed by atoms with Gasteiger partial charge in [0.05, 0.1) is 5.60 Å². The van der Waals surface area contributed by atoms with Gasteiger partial charge < -0.3 is 5.11 Å². The summed E-state index contributed by atoms with van der Waals surface area (Å²) in [5, 5.41) is 10.4. The molecule has 1 rings (SSSR count). The molecule has 0 saturated carbocycles. The third-order valence-electron chi connectivity index (χ3n) is 3.83. The van der Waals surface area contributed by atoms with E-state index in [-0.39, 0.29) is 0 Å². The molecular formula is C17H30O. The Kier molecular flexibility index (Phi) is 7.34. The van der Waals surface area contributed by atoms with Gasteiger partial charge in [-0.05, 0) is 19.3 Å². The van der Waals surface area contributed by atoms with Crippen LogP contribution in [0.2, 0.25) is 0 Å². The molecule has 0 aliphatic heterocycles. The van der Waals surface area contributed by atoms with Crippen LogP contribution in [-0.4, -0.2) is 10.7 Å². The molecule has 0 spiro atoms. The van der Waals surface area contributed by atoms with Crippen LogP contribution in [0.4, 0.5) is 0 Å². The van der Waals surface area contributed by atoms with Crippen LogP contribution in [0.5, 0.6) is 0 Å². The average molecular weight is 250 g/mol. The molecule has 1 aliphatic carbocycles. The molecule has 1 aliphatic rings. The Hall–Kier alpha value is -0.560. The molecule has 0 heterocycles. The molecule has 1 unspecified atom stereocenters. The van der Waals surface area contributed by atoms with Crippen molar-refractivity contribution in [3.8, 4) is 0 Å². The number of hydrogen-bond acceptors (Lipinski definition) is 1. The molecule has 1 heteroatoms. The van der Waals surface area contributed by atoms with E-state index >= 15 is 0 Å². The van der Waals surface area contributed by atoms with Crippen molar-refractivity contribution >= 4 is 0 Å². The van der Waals surface area contributed by atoms with Crippen LogP contribution in [0, 0.1) is 0 Å². The fourth-order valence-electron chi connectivity index (χ4n) is 2.58. The zero-order valence-electron chi connectivity index (χ0n) is 12.3. The molecule has 0 aromatic carbocycles. The predicted octanol–water partition coefficient (Wildman–Crippen LogP) is 5.15. The number of unbranched alkanes of at least 4 members (excludes halogenated alkanes) is 5. The normalized spacial score (nSPS) is 23.2. The molecule has 0 saturated heterocycles. The van der Waals surface area contributed by atoms with E-state index in [1.165, 1.54) is 44.1 Å². The second kappa shape index (κ2) is 8.53. The van der Waals surface area contributed by atoms with Crippen LogP contribution in [0.1, 0.15) is 78.1 Å². The Bertz CT molecular complexity index is 277. The quantitative estimate of drug-likeness (QED) is 0.561. The lowest BCUT2D eigenvalue weighted by Crippen LogP contribution is -2.26. The first kappa shape index (κ1) is 15.5. The van der Waals surface area contributed by atoms with Gasteiger partial charge in [-0.2, -0.15) is 0 Å². The van der Waals surface area contributed by atoms with Crippen LogP contribution >= 0.6 is 0 Å². The number of rotatable bonds is 9. The predicted molar refractivity (Wildman–Crippen MR) is 79.7 cm³/mol. The summed E-state index contributed by atoms with van der Waals surface area (Å²) >= 11 is 0. The lowest BCUT2D eigenvalue weighted by molar-refractivity contribution is 0.0798. The van der Waals surface area contributed by atoms with Crippen molar-refractivity contribution < 1.29 is 5.11 Å². The Labute approximate surface area is 113 Å². The zero-order valence-corrected chi connectivity index (χ0v) is 12.3. The smallest absolute Gasteiger partial charge is 0.0865 e. The highest BCUT2D eigenvalue weighted by Gasteiger charge is 2.23. The minimum Gasteiger partial charge on any atom is -0.385 e. The van der Waals surface area contributed by atoms with Crippen LogP contribution < -0.4 is 0 Å². The Morgan fingerprint density at radius 1 is 1.06 bits per heavy atom. The van der Waals surface area contributed by atoms with E-state index in [4.69, 9.17) is 0 Å². The van der Waals surface area contributed by atoms with E-state index in [1.807, 2.05) is 6.08 Å². The second-order valence-electron chi connectivity index (χ2n) is 5.69. The maximum atomic E-state index is 10.4. The topological polar surface area (TPSA) is 20.2 Å². The molecule has 18 heavy (non-hydrogen) atoms. The maximum Gasteiger partial charge on any atom is 0.0865 e. The van der Waals surface area contributed by atoms with Crippen molar-refractivity contribution in [3.05, 3.63) is 23.8 Å². The van der Waals surface area contributed by atoms with Gasteiger partial charge in [0.15, 0.2) is 0 Å². The van der Waals surface area contributed by atoms with E-state index in [2.05, 4.69) is 26.0 Å². The minimum absolute atomic E-state index is 0.554. The van der Waals surface area contributed by atoms with E-state index in [9.17, 15) is 5.11 Å². The van der Waals surface area contributed by atoms with E-state index in [0.717, 1.165) is 25.7 Å². The summed E-state index contributed by atoms with van der Waals surface area (Å²) in [5.41, 5.74) is 0.840. The Morgan fingerprint density at radius 2 is 1.78 bits per heavy atom. The monoisotopic (exact) mass is 250 g/mol. The van der Waals surface area contributed by atoms with Crippen LogP contribution in [0.15, 0.2) is 23.8 Å². The summed E-state index contributed by atoms with van der Waals surface area (Å²) < 4.78 is 0. The summed E-state index contributed by atoms with van der Waals surface area (Å²) in [4.78, 5) is 0. The summed E-state index contributed by atoms with van der Waals surface area (Å²) in [6, 6.07) is 0. The van der Waals surface area contributed by atoms with Gasteiger partial charge in [-0.1, -0.05) is 82.6 Å².